The molecule has 0 saturated carbocycles. The predicted molar refractivity (Wildman–Crippen MR) is 84.4 cm³/mol. The number of piperazine rings is 1. The van der Waals surface area contributed by atoms with Crippen LogP contribution in [0.5, 0.6) is 0 Å². The number of hydrogen-bond donors (Lipinski definition) is 1. The highest BCUT2D eigenvalue weighted by atomic mass is 16.2. The van der Waals surface area contributed by atoms with Gasteiger partial charge in [0, 0.05) is 37.3 Å². The molecule has 0 bridgehead atoms. The number of fused-ring (bicyclic) bond motifs is 1. The van der Waals surface area contributed by atoms with Crippen LogP contribution in [0.25, 0.3) is 10.9 Å². The lowest BCUT2D eigenvalue weighted by Gasteiger charge is -2.28. The highest BCUT2D eigenvalue weighted by molar-refractivity contribution is 5.86. The maximum Gasteiger partial charge on any atom is 0.227 e. The highest BCUT2D eigenvalue weighted by Crippen LogP contribution is 2.23. The van der Waals surface area contributed by atoms with Crippen LogP contribution < -0.4 is 5.32 Å². The molecule has 110 valence electrons. The van der Waals surface area contributed by atoms with Gasteiger partial charge in [-0.15, -0.1) is 0 Å². The second-order valence-corrected chi connectivity index (χ2v) is 5.63. The molecule has 0 unspecified atom stereocenters. The first-order valence-corrected chi connectivity index (χ1v) is 7.50. The minimum absolute atomic E-state index is 0.208. The van der Waals surface area contributed by atoms with E-state index in [0.717, 1.165) is 48.3 Å². The van der Waals surface area contributed by atoms with Crippen LogP contribution >= 0.6 is 0 Å². The number of rotatable bonds is 2. The average Bonchev–Trinajstić information content (AvgIpc) is 2.52. The quantitative estimate of drug-likeness (QED) is 0.914. The monoisotopic (exact) mass is 283 g/mol. The molecule has 0 spiro atoms. The molecule has 0 radical (unpaired) electrons. The Morgan fingerprint density at radius 2 is 1.95 bits per heavy atom. The lowest BCUT2D eigenvalue weighted by atomic mass is 9.99. The van der Waals surface area contributed by atoms with Gasteiger partial charge in [0.2, 0.25) is 5.91 Å². The fraction of sp³-hybridized carbons (Fsp3) is 0.412. The Bertz CT molecular complexity index is 675. The normalized spacial score (nSPS) is 15.4. The molecule has 1 saturated heterocycles. The van der Waals surface area contributed by atoms with Gasteiger partial charge < -0.3 is 10.2 Å². The minimum atomic E-state index is 0.208. The summed E-state index contributed by atoms with van der Waals surface area (Å²) in [5.41, 5.74) is 4.24. The lowest BCUT2D eigenvalue weighted by Crippen LogP contribution is -2.47. The smallest absolute Gasteiger partial charge is 0.227 e. The summed E-state index contributed by atoms with van der Waals surface area (Å²) in [6.45, 7) is 7.48. The number of hydrogen-bond acceptors (Lipinski definition) is 3. The van der Waals surface area contributed by atoms with E-state index < -0.39 is 0 Å². The summed E-state index contributed by atoms with van der Waals surface area (Å²) in [6, 6.07) is 8.13. The van der Waals surface area contributed by atoms with Gasteiger partial charge in [0.1, 0.15) is 0 Å². The minimum Gasteiger partial charge on any atom is -0.340 e. The van der Waals surface area contributed by atoms with Gasteiger partial charge in [-0.2, -0.15) is 0 Å². The summed E-state index contributed by atoms with van der Waals surface area (Å²) in [4.78, 5) is 19.1. The van der Waals surface area contributed by atoms with Gasteiger partial charge in [0.05, 0.1) is 11.9 Å². The largest absolute Gasteiger partial charge is 0.340 e. The second-order valence-electron chi connectivity index (χ2n) is 5.63. The Kier molecular flexibility index (Phi) is 3.88. The zero-order valence-corrected chi connectivity index (χ0v) is 12.6. The Hall–Kier alpha value is -1.94. The number of aromatic nitrogens is 1. The van der Waals surface area contributed by atoms with E-state index in [1.807, 2.05) is 30.0 Å². The van der Waals surface area contributed by atoms with Crippen molar-refractivity contribution in [2.45, 2.75) is 20.3 Å². The fourth-order valence-corrected chi connectivity index (χ4v) is 3.01. The third-order valence-corrected chi connectivity index (χ3v) is 4.28. The van der Waals surface area contributed by atoms with E-state index in [1.54, 1.807) is 0 Å². The molecule has 0 aliphatic carbocycles. The Morgan fingerprint density at radius 1 is 1.24 bits per heavy atom. The van der Waals surface area contributed by atoms with Crippen molar-refractivity contribution in [2.24, 2.45) is 0 Å². The number of benzene rings is 1. The molecule has 1 amide bonds. The number of para-hydroxylation sites is 1. The molecular formula is C17H21N3O. The van der Waals surface area contributed by atoms with Gasteiger partial charge in [-0.25, -0.2) is 0 Å². The van der Waals surface area contributed by atoms with Crippen molar-refractivity contribution < 1.29 is 4.79 Å². The van der Waals surface area contributed by atoms with Crippen molar-refractivity contribution in [2.75, 3.05) is 26.2 Å². The SMILES string of the molecule is Cc1nc2ccccc2c(C)c1CC(=O)N1CCNCC1. The van der Waals surface area contributed by atoms with Crippen molar-refractivity contribution in [1.82, 2.24) is 15.2 Å². The summed E-state index contributed by atoms with van der Waals surface area (Å²) in [6.07, 6.45) is 0.454. The van der Waals surface area contributed by atoms with Gasteiger partial charge in [0.15, 0.2) is 0 Å². The molecule has 1 N–H and O–H groups in total. The van der Waals surface area contributed by atoms with Crippen LogP contribution in [0.3, 0.4) is 0 Å². The van der Waals surface area contributed by atoms with E-state index >= 15 is 0 Å². The van der Waals surface area contributed by atoms with Crippen molar-refractivity contribution in [3.63, 3.8) is 0 Å². The number of carbonyl (C=O) groups is 1. The molecule has 3 rings (SSSR count). The zero-order chi connectivity index (χ0) is 14.8. The molecule has 0 atom stereocenters. The maximum atomic E-state index is 12.5. The van der Waals surface area contributed by atoms with Crippen LogP contribution in [0.4, 0.5) is 0 Å². The van der Waals surface area contributed by atoms with Crippen molar-refractivity contribution in [3.8, 4) is 0 Å². The van der Waals surface area contributed by atoms with Crippen LogP contribution in [0.15, 0.2) is 24.3 Å². The number of pyridine rings is 1. The number of amides is 1. The molecule has 21 heavy (non-hydrogen) atoms. The van der Waals surface area contributed by atoms with Crippen molar-refractivity contribution in [3.05, 3.63) is 41.1 Å². The highest BCUT2D eigenvalue weighted by Gasteiger charge is 2.19. The van der Waals surface area contributed by atoms with Gasteiger partial charge in [-0.05, 0) is 31.0 Å². The first-order valence-electron chi connectivity index (χ1n) is 7.50. The predicted octanol–water partition coefficient (Wildman–Crippen LogP) is 1.83. The maximum absolute atomic E-state index is 12.5. The molecule has 4 heteroatoms. The van der Waals surface area contributed by atoms with E-state index in [4.69, 9.17) is 0 Å². The Balaban J connectivity index is 1.91. The molecule has 1 aromatic heterocycles. The molecule has 1 aliphatic heterocycles. The van der Waals surface area contributed by atoms with Crippen molar-refractivity contribution in [1.29, 1.82) is 0 Å². The van der Waals surface area contributed by atoms with Gasteiger partial charge in [-0.3, -0.25) is 9.78 Å². The standard InChI is InChI=1S/C17H21N3O/c1-12-14-5-3-4-6-16(14)19-13(2)15(12)11-17(21)20-9-7-18-8-10-20/h3-6,18H,7-11H2,1-2H3. The van der Waals surface area contributed by atoms with E-state index in [1.165, 1.54) is 5.56 Å². The third kappa shape index (κ3) is 2.76. The summed E-state index contributed by atoms with van der Waals surface area (Å²) >= 11 is 0. The molecule has 1 aliphatic rings. The first-order chi connectivity index (χ1) is 10.2. The van der Waals surface area contributed by atoms with Crippen LogP contribution in [0, 0.1) is 13.8 Å². The summed E-state index contributed by atoms with van der Waals surface area (Å²) in [5, 5.41) is 4.42. The van der Waals surface area contributed by atoms with Crippen LogP contribution in [0.2, 0.25) is 0 Å². The Labute approximate surface area is 125 Å². The average molecular weight is 283 g/mol. The number of aryl methyl sites for hydroxylation is 2. The molecular weight excluding hydrogens is 262 g/mol. The van der Waals surface area contributed by atoms with Gasteiger partial charge in [-0.1, -0.05) is 18.2 Å². The van der Waals surface area contributed by atoms with E-state index in [-0.39, 0.29) is 5.91 Å². The molecule has 1 aromatic carbocycles. The Morgan fingerprint density at radius 3 is 2.71 bits per heavy atom. The van der Waals surface area contributed by atoms with Crippen LogP contribution in [0.1, 0.15) is 16.8 Å². The number of carbonyl (C=O) groups excluding carboxylic acids is 1. The first kappa shape index (κ1) is 14.0. The topological polar surface area (TPSA) is 45.2 Å². The van der Waals surface area contributed by atoms with E-state index in [9.17, 15) is 4.79 Å². The van der Waals surface area contributed by atoms with E-state index in [2.05, 4.69) is 23.3 Å². The number of nitrogens with one attached hydrogen (secondary N) is 1. The molecule has 1 fully saturated rings. The van der Waals surface area contributed by atoms with Crippen molar-refractivity contribution >= 4 is 16.8 Å². The summed E-state index contributed by atoms with van der Waals surface area (Å²) < 4.78 is 0. The third-order valence-electron chi connectivity index (χ3n) is 4.28. The summed E-state index contributed by atoms with van der Waals surface area (Å²) in [5.74, 6) is 0.208. The number of nitrogens with zero attached hydrogens (tertiary/aromatic N) is 2. The second kappa shape index (κ2) is 5.82. The molecule has 2 aromatic rings. The van der Waals surface area contributed by atoms with E-state index in [0.29, 0.717) is 6.42 Å². The lowest BCUT2D eigenvalue weighted by molar-refractivity contribution is -0.131. The fourth-order valence-electron chi connectivity index (χ4n) is 3.01. The molecule has 4 nitrogen and oxygen atoms in total. The summed E-state index contributed by atoms with van der Waals surface area (Å²) in [7, 11) is 0. The van der Waals surface area contributed by atoms with Crippen LogP contribution in [-0.4, -0.2) is 42.0 Å². The van der Waals surface area contributed by atoms with Gasteiger partial charge >= 0.3 is 0 Å². The zero-order valence-electron chi connectivity index (χ0n) is 12.6. The van der Waals surface area contributed by atoms with Crippen LogP contribution in [-0.2, 0) is 11.2 Å². The molecule has 2 heterocycles. The van der Waals surface area contributed by atoms with Gasteiger partial charge in [0.25, 0.3) is 0 Å².